The maximum atomic E-state index is 12.3. The molecule has 0 aromatic heterocycles. The second-order valence-corrected chi connectivity index (χ2v) is 5.57. The SMILES string of the molecule is NC(=O)CSC1=CCC(O)(C(=O)c2ccccc2)C=C1. The highest BCUT2D eigenvalue weighted by molar-refractivity contribution is 8.03. The molecular weight excluding hydrogens is 274 g/mol. The molecule has 1 atom stereocenters. The van der Waals surface area contributed by atoms with E-state index in [4.69, 9.17) is 5.73 Å². The van der Waals surface area contributed by atoms with Gasteiger partial charge in [0, 0.05) is 16.9 Å². The highest BCUT2D eigenvalue weighted by Gasteiger charge is 2.34. The number of thioether (sulfide) groups is 1. The highest BCUT2D eigenvalue weighted by Crippen LogP contribution is 2.29. The number of hydrogen-bond acceptors (Lipinski definition) is 4. The van der Waals surface area contributed by atoms with Crippen molar-refractivity contribution < 1.29 is 14.7 Å². The Morgan fingerprint density at radius 3 is 2.55 bits per heavy atom. The van der Waals surface area contributed by atoms with Crippen LogP contribution < -0.4 is 5.73 Å². The Bertz CT molecular complexity index is 580. The number of Topliss-reactive ketones (excluding diaryl/α,β-unsaturated/α-hetero) is 1. The summed E-state index contributed by atoms with van der Waals surface area (Å²) in [5.74, 6) is -0.545. The quantitative estimate of drug-likeness (QED) is 0.808. The largest absolute Gasteiger partial charge is 0.377 e. The summed E-state index contributed by atoms with van der Waals surface area (Å²) in [5.41, 5.74) is 4.03. The second kappa shape index (κ2) is 6.07. The standard InChI is InChI=1S/C15H15NO3S/c16-13(17)10-20-12-6-8-15(19,9-7-12)14(18)11-4-2-1-3-5-11/h1-8,19H,9-10H2,(H2,16,17). The normalized spacial score (nSPS) is 21.4. The molecule has 4 nitrogen and oxygen atoms in total. The van der Waals surface area contributed by atoms with Gasteiger partial charge < -0.3 is 10.8 Å². The summed E-state index contributed by atoms with van der Waals surface area (Å²) < 4.78 is 0. The molecule has 1 aliphatic rings. The van der Waals surface area contributed by atoms with Crippen molar-refractivity contribution in [3.05, 3.63) is 59.0 Å². The first-order valence-electron chi connectivity index (χ1n) is 6.14. The van der Waals surface area contributed by atoms with Gasteiger partial charge in [0.25, 0.3) is 0 Å². The van der Waals surface area contributed by atoms with E-state index in [-0.39, 0.29) is 18.0 Å². The number of carbonyl (C=O) groups excluding carboxylic acids is 2. The number of hydrogen-bond donors (Lipinski definition) is 2. The smallest absolute Gasteiger partial charge is 0.227 e. The van der Waals surface area contributed by atoms with Crippen molar-refractivity contribution in [3.63, 3.8) is 0 Å². The summed E-state index contributed by atoms with van der Waals surface area (Å²) in [5, 5.41) is 10.4. The Kier molecular flexibility index (Phi) is 4.42. The van der Waals surface area contributed by atoms with Gasteiger partial charge in [-0.2, -0.15) is 0 Å². The lowest BCUT2D eigenvalue weighted by atomic mass is 9.87. The zero-order chi connectivity index (χ0) is 14.6. The van der Waals surface area contributed by atoms with E-state index in [1.807, 2.05) is 6.07 Å². The summed E-state index contributed by atoms with van der Waals surface area (Å²) in [6.07, 6.45) is 5.07. The molecule has 0 saturated carbocycles. The Hall–Kier alpha value is -1.85. The predicted molar refractivity (Wildman–Crippen MR) is 79.2 cm³/mol. The molecule has 0 saturated heterocycles. The van der Waals surface area contributed by atoms with Gasteiger partial charge >= 0.3 is 0 Å². The fourth-order valence-electron chi connectivity index (χ4n) is 1.88. The molecule has 0 heterocycles. The third kappa shape index (κ3) is 3.37. The van der Waals surface area contributed by atoms with Crippen molar-refractivity contribution in [1.82, 2.24) is 0 Å². The summed E-state index contributed by atoms with van der Waals surface area (Å²) in [6, 6.07) is 8.68. The Morgan fingerprint density at radius 1 is 1.30 bits per heavy atom. The van der Waals surface area contributed by atoms with Gasteiger partial charge in [-0.1, -0.05) is 36.4 Å². The van der Waals surface area contributed by atoms with Gasteiger partial charge in [0.15, 0.2) is 5.78 Å². The van der Waals surface area contributed by atoms with Crippen molar-refractivity contribution in [2.45, 2.75) is 12.0 Å². The molecule has 0 aliphatic heterocycles. The molecule has 1 aliphatic carbocycles. The first kappa shape index (κ1) is 14.6. The van der Waals surface area contributed by atoms with Crippen LogP contribution in [0, 0.1) is 0 Å². The molecule has 0 fully saturated rings. The van der Waals surface area contributed by atoms with E-state index < -0.39 is 11.5 Å². The number of rotatable bonds is 5. The van der Waals surface area contributed by atoms with Crippen LogP contribution in [0.3, 0.4) is 0 Å². The lowest BCUT2D eigenvalue weighted by Crippen LogP contribution is -2.37. The minimum absolute atomic E-state index is 0.182. The number of ketones is 1. The Balaban J connectivity index is 2.07. The number of aliphatic hydroxyl groups is 1. The van der Waals surface area contributed by atoms with Crippen LogP contribution in [0.4, 0.5) is 0 Å². The van der Waals surface area contributed by atoms with Gasteiger partial charge in [-0.25, -0.2) is 0 Å². The molecule has 5 heteroatoms. The zero-order valence-corrected chi connectivity index (χ0v) is 11.6. The molecule has 1 amide bonds. The van der Waals surface area contributed by atoms with Crippen molar-refractivity contribution in [2.24, 2.45) is 5.73 Å². The summed E-state index contributed by atoms with van der Waals surface area (Å²) in [6.45, 7) is 0. The lowest BCUT2D eigenvalue weighted by Gasteiger charge is -2.25. The van der Waals surface area contributed by atoms with Gasteiger partial charge in [-0.15, -0.1) is 11.8 Å². The highest BCUT2D eigenvalue weighted by atomic mass is 32.2. The zero-order valence-electron chi connectivity index (χ0n) is 10.8. The van der Waals surface area contributed by atoms with Gasteiger partial charge in [0.05, 0.1) is 5.75 Å². The number of benzene rings is 1. The lowest BCUT2D eigenvalue weighted by molar-refractivity contribution is -0.115. The molecule has 0 spiro atoms. The molecule has 2 rings (SSSR count). The Labute approximate surface area is 121 Å². The van der Waals surface area contributed by atoms with Gasteiger partial charge in [-0.05, 0) is 12.2 Å². The molecule has 1 aromatic rings. The predicted octanol–water partition coefficient (Wildman–Crippen LogP) is 1.66. The van der Waals surface area contributed by atoms with Crippen LogP contribution >= 0.6 is 11.8 Å². The van der Waals surface area contributed by atoms with Crippen LogP contribution in [-0.2, 0) is 4.79 Å². The van der Waals surface area contributed by atoms with E-state index in [9.17, 15) is 14.7 Å². The Morgan fingerprint density at radius 2 is 2.00 bits per heavy atom. The average molecular weight is 289 g/mol. The molecule has 20 heavy (non-hydrogen) atoms. The fourth-order valence-corrected chi connectivity index (χ4v) is 2.56. The molecule has 0 bridgehead atoms. The van der Waals surface area contributed by atoms with Crippen LogP contribution in [0.5, 0.6) is 0 Å². The third-order valence-electron chi connectivity index (χ3n) is 2.95. The van der Waals surface area contributed by atoms with E-state index in [0.717, 1.165) is 4.91 Å². The van der Waals surface area contributed by atoms with E-state index in [0.29, 0.717) is 5.56 Å². The topological polar surface area (TPSA) is 80.4 Å². The van der Waals surface area contributed by atoms with Crippen molar-refractivity contribution in [1.29, 1.82) is 0 Å². The molecule has 1 aromatic carbocycles. The number of primary amides is 1. The molecule has 3 N–H and O–H groups in total. The van der Waals surface area contributed by atoms with Crippen LogP contribution in [-0.4, -0.2) is 28.2 Å². The van der Waals surface area contributed by atoms with Crippen LogP contribution in [0.15, 0.2) is 53.5 Å². The van der Waals surface area contributed by atoms with Crippen LogP contribution in [0.25, 0.3) is 0 Å². The van der Waals surface area contributed by atoms with Crippen molar-refractivity contribution in [2.75, 3.05) is 5.75 Å². The number of nitrogens with two attached hydrogens (primary N) is 1. The number of amides is 1. The van der Waals surface area contributed by atoms with Gasteiger partial charge in [0.2, 0.25) is 5.91 Å². The summed E-state index contributed by atoms with van der Waals surface area (Å²) in [7, 11) is 0. The first-order valence-corrected chi connectivity index (χ1v) is 7.12. The molecular formula is C15H15NO3S. The average Bonchev–Trinajstić information content (AvgIpc) is 2.47. The van der Waals surface area contributed by atoms with Crippen LogP contribution in [0.2, 0.25) is 0 Å². The monoisotopic (exact) mass is 289 g/mol. The molecule has 0 radical (unpaired) electrons. The number of carbonyl (C=O) groups is 2. The second-order valence-electron chi connectivity index (χ2n) is 4.52. The van der Waals surface area contributed by atoms with Crippen molar-refractivity contribution in [3.8, 4) is 0 Å². The van der Waals surface area contributed by atoms with E-state index >= 15 is 0 Å². The summed E-state index contributed by atoms with van der Waals surface area (Å²) >= 11 is 1.29. The van der Waals surface area contributed by atoms with E-state index in [1.54, 1.807) is 36.4 Å². The minimum Gasteiger partial charge on any atom is -0.377 e. The molecule has 104 valence electrons. The van der Waals surface area contributed by atoms with E-state index in [2.05, 4.69) is 0 Å². The number of allylic oxidation sites excluding steroid dienone is 1. The maximum absolute atomic E-state index is 12.3. The third-order valence-corrected chi connectivity index (χ3v) is 4.01. The minimum atomic E-state index is -1.52. The first-order chi connectivity index (χ1) is 9.51. The van der Waals surface area contributed by atoms with Crippen LogP contribution in [0.1, 0.15) is 16.8 Å². The van der Waals surface area contributed by atoms with Gasteiger partial charge in [0.1, 0.15) is 5.60 Å². The van der Waals surface area contributed by atoms with Gasteiger partial charge in [-0.3, -0.25) is 9.59 Å². The fraction of sp³-hybridized carbons (Fsp3) is 0.200. The van der Waals surface area contributed by atoms with Crippen molar-refractivity contribution >= 4 is 23.5 Å². The summed E-state index contributed by atoms with van der Waals surface area (Å²) in [4.78, 5) is 23.8. The maximum Gasteiger partial charge on any atom is 0.227 e. The molecule has 1 unspecified atom stereocenters. The van der Waals surface area contributed by atoms with E-state index in [1.165, 1.54) is 17.8 Å².